The van der Waals surface area contributed by atoms with Crippen LogP contribution < -0.4 is 4.72 Å². The maximum atomic E-state index is 11.8. The van der Waals surface area contributed by atoms with Gasteiger partial charge in [0.15, 0.2) is 0 Å². The van der Waals surface area contributed by atoms with Crippen LogP contribution in [0.15, 0.2) is 16.3 Å². The van der Waals surface area contributed by atoms with Crippen LogP contribution in [0.1, 0.15) is 25.1 Å². The number of hydrogen-bond acceptors (Lipinski definition) is 5. The number of aryl methyl sites for hydroxylation is 1. The minimum Gasteiger partial charge on any atom is -0.466 e. The van der Waals surface area contributed by atoms with Gasteiger partial charge in [0.25, 0.3) is 0 Å². The Morgan fingerprint density at radius 2 is 2.11 bits per heavy atom. The molecule has 1 aromatic rings. The van der Waals surface area contributed by atoms with Crippen molar-refractivity contribution in [3.05, 3.63) is 17.0 Å². The molecule has 0 aliphatic carbocycles. The number of rotatable bonds is 7. The first-order valence-corrected chi connectivity index (χ1v) is 8.03. The van der Waals surface area contributed by atoms with E-state index < -0.39 is 16.0 Å². The van der Waals surface area contributed by atoms with Crippen molar-refractivity contribution in [1.82, 2.24) is 4.72 Å². The van der Waals surface area contributed by atoms with Crippen LogP contribution in [0, 0.1) is 0 Å². The molecule has 102 valence electrons. The van der Waals surface area contributed by atoms with E-state index in [1.54, 1.807) is 19.1 Å². The van der Waals surface area contributed by atoms with E-state index in [1.807, 2.05) is 6.92 Å². The SMILES string of the molecule is CCOC(=O)CCNS(=O)(=O)c1ccc(CC)s1. The molecule has 0 fully saturated rings. The van der Waals surface area contributed by atoms with Crippen LogP contribution in [0.2, 0.25) is 0 Å². The van der Waals surface area contributed by atoms with Crippen LogP contribution in [0.3, 0.4) is 0 Å². The van der Waals surface area contributed by atoms with Gasteiger partial charge in [-0.2, -0.15) is 0 Å². The molecule has 0 radical (unpaired) electrons. The summed E-state index contributed by atoms with van der Waals surface area (Å²) in [4.78, 5) is 12.1. The predicted molar refractivity (Wildman–Crippen MR) is 70.1 cm³/mol. The van der Waals surface area contributed by atoms with Crippen LogP contribution in [-0.2, 0) is 26.0 Å². The van der Waals surface area contributed by atoms with Crippen LogP contribution >= 0.6 is 11.3 Å². The lowest BCUT2D eigenvalue weighted by molar-refractivity contribution is -0.142. The average molecular weight is 291 g/mol. The van der Waals surface area contributed by atoms with Crippen molar-refractivity contribution in [3.63, 3.8) is 0 Å². The first kappa shape index (κ1) is 15.1. The van der Waals surface area contributed by atoms with Gasteiger partial charge in [-0.05, 0) is 25.5 Å². The maximum absolute atomic E-state index is 11.8. The number of sulfonamides is 1. The topological polar surface area (TPSA) is 72.5 Å². The molecule has 0 spiro atoms. The second-order valence-corrected chi connectivity index (χ2v) is 6.69. The monoisotopic (exact) mass is 291 g/mol. The highest BCUT2D eigenvalue weighted by atomic mass is 32.2. The van der Waals surface area contributed by atoms with Gasteiger partial charge in [-0.15, -0.1) is 11.3 Å². The highest BCUT2D eigenvalue weighted by Gasteiger charge is 2.16. The maximum Gasteiger partial charge on any atom is 0.307 e. The highest BCUT2D eigenvalue weighted by Crippen LogP contribution is 2.21. The number of thiophene rings is 1. The van der Waals surface area contributed by atoms with Gasteiger partial charge in [-0.3, -0.25) is 4.79 Å². The molecule has 0 aliphatic rings. The number of esters is 1. The molecule has 7 heteroatoms. The van der Waals surface area contributed by atoms with Crippen LogP contribution in [0.5, 0.6) is 0 Å². The molecule has 0 saturated carbocycles. The van der Waals surface area contributed by atoms with Gasteiger partial charge in [0, 0.05) is 11.4 Å². The smallest absolute Gasteiger partial charge is 0.307 e. The van der Waals surface area contributed by atoms with Crippen LogP contribution in [0.4, 0.5) is 0 Å². The Bertz CT molecular complexity index is 493. The Morgan fingerprint density at radius 3 is 2.67 bits per heavy atom. The summed E-state index contributed by atoms with van der Waals surface area (Å²) >= 11 is 1.24. The van der Waals surface area contributed by atoms with E-state index in [2.05, 4.69) is 4.72 Å². The molecule has 1 N–H and O–H groups in total. The lowest BCUT2D eigenvalue weighted by atomic mass is 10.4. The molecule has 0 saturated heterocycles. The Labute approximate surface area is 111 Å². The van der Waals surface area contributed by atoms with Crippen LogP contribution in [-0.4, -0.2) is 27.5 Å². The van der Waals surface area contributed by atoms with E-state index in [1.165, 1.54) is 11.3 Å². The molecular weight excluding hydrogens is 274 g/mol. The molecule has 0 atom stereocenters. The van der Waals surface area contributed by atoms with Gasteiger partial charge in [0.05, 0.1) is 13.0 Å². The first-order valence-electron chi connectivity index (χ1n) is 5.73. The van der Waals surface area contributed by atoms with E-state index >= 15 is 0 Å². The quantitative estimate of drug-likeness (QED) is 0.774. The minimum absolute atomic E-state index is 0.0408. The van der Waals surface area contributed by atoms with Crippen molar-refractivity contribution in [3.8, 4) is 0 Å². The summed E-state index contributed by atoms with van der Waals surface area (Å²) in [7, 11) is -3.50. The standard InChI is InChI=1S/C11H17NO4S2/c1-3-9-5-6-11(17-9)18(14,15)12-8-7-10(13)16-4-2/h5-6,12H,3-4,7-8H2,1-2H3. The number of carbonyl (C=O) groups excluding carboxylic acids is 1. The molecule has 5 nitrogen and oxygen atoms in total. The fraction of sp³-hybridized carbons (Fsp3) is 0.545. The summed E-state index contributed by atoms with van der Waals surface area (Å²) < 4.78 is 31.1. The Balaban J connectivity index is 2.52. The van der Waals surface area contributed by atoms with Gasteiger partial charge in [0.2, 0.25) is 10.0 Å². The summed E-state index contributed by atoms with van der Waals surface area (Å²) in [6, 6.07) is 3.38. The second-order valence-electron chi connectivity index (χ2n) is 3.53. The average Bonchev–Trinajstić information content (AvgIpc) is 2.78. The van der Waals surface area contributed by atoms with E-state index in [0.717, 1.165) is 11.3 Å². The minimum atomic E-state index is -3.50. The predicted octanol–water partition coefficient (Wildman–Crippen LogP) is 1.54. The van der Waals surface area contributed by atoms with Crippen molar-refractivity contribution in [2.24, 2.45) is 0 Å². The third kappa shape index (κ3) is 4.40. The lowest BCUT2D eigenvalue weighted by Gasteiger charge is -2.04. The largest absolute Gasteiger partial charge is 0.466 e. The van der Waals surface area contributed by atoms with Gasteiger partial charge in [-0.1, -0.05) is 6.92 Å². The Kier molecular flexibility index (Phi) is 5.77. The zero-order chi connectivity index (χ0) is 13.6. The number of carbonyl (C=O) groups is 1. The zero-order valence-electron chi connectivity index (χ0n) is 10.4. The first-order chi connectivity index (χ1) is 8.49. The summed E-state index contributed by atoms with van der Waals surface area (Å²) in [5, 5.41) is 0. The third-order valence-electron chi connectivity index (χ3n) is 2.18. The molecular formula is C11H17NO4S2. The molecule has 0 unspecified atom stereocenters. The van der Waals surface area contributed by atoms with E-state index in [-0.39, 0.29) is 17.2 Å². The van der Waals surface area contributed by atoms with Crippen LogP contribution in [0.25, 0.3) is 0 Å². The van der Waals surface area contributed by atoms with Crippen molar-refractivity contribution in [2.45, 2.75) is 30.9 Å². The molecule has 0 amide bonds. The lowest BCUT2D eigenvalue weighted by Crippen LogP contribution is -2.26. The molecule has 0 aromatic carbocycles. The van der Waals surface area contributed by atoms with Gasteiger partial charge < -0.3 is 4.74 Å². The van der Waals surface area contributed by atoms with Crippen molar-refractivity contribution >= 4 is 27.3 Å². The number of ether oxygens (including phenoxy) is 1. The normalized spacial score (nSPS) is 11.4. The molecule has 0 bridgehead atoms. The molecule has 1 aromatic heterocycles. The van der Waals surface area contributed by atoms with E-state index in [4.69, 9.17) is 4.74 Å². The molecule has 1 rings (SSSR count). The van der Waals surface area contributed by atoms with Crippen molar-refractivity contribution in [1.29, 1.82) is 0 Å². The number of hydrogen-bond donors (Lipinski definition) is 1. The van der Waals surface area contributed by atoms with Gasteiger partial charge in [-0.25, -0.2) is 13.1 Å². The fourth-order valence-corrected chi connectivity index (χ4v) is 3.66. The second kappa shape index (κ2) is 6.86. The third-order valence-corrected chi connectivity index (χ3v) is 5.36. The van der Waals surface area contributed by atoms with E-state index in [9.17, 15) is 13.2 Å². The van der Waals surface area contributed by atoms with Gasteiger partial charge >= 0.3 is 5.97 Å². The Hall–Kier alpha value is -0.920. The van der Waals surface area contributed by atoms with Gasteiger partial charge in [0.1, 0.15) is 4.21 Å². The molecule has 18 heavy (non-hydrogen) atoms. The summed E-state index contributed by atoms with van der Waals surface area (Å²) in [5.41, 5.74) is 0. The summed E-state index contributed by atoms with van der Waals surface area (Å²) in [6.07, 6.45) is 0.849. The van der Waals surface area contributed by atoms with E-state index in [0.29, 0.717) is 6.61 Å². The van der Waals surface area contributed by atoms with Crippen molar-refractivity contribution in [2.75, 3.05) is 13.2 Å². The fourth-order valence-electron chi connectivity index (χ4n) is 1.28. The highest BCUT2D eigenvalue weighted by molar-refractivity contribution is 7.91. The number of nitrogens with one attached hydrogen (secondary N) is 1. The summed E-state index contributed by atoms with van der Waals surface area (Å²) in [5.74, 6) is -0.402. The molecule has 1 heterocycles. The van der Waals surface area contributed by atoms with Crippen molar-refractivity contribution < 1.29 is 17.9 Å². The zero-order valence-corrected chi connectivity index (χ0v) is 12.1. The molecule has 0 aliphatic heterocycles. The Morgan fingerprint density at radius 1 is 1.39 bits per heavy atom. The summed E-state index contributed by atoms with van der Waals surface area (Å²) in [6.45, 7) is 4.04.